The Morgan fingerprint density at radius 2 is 2.00 bits per heavy atom. The minimum Gasteiger partial charge on any atom is -0.469 e. The number of benzene rings is 1. The van der Waals surface area contributed by atoms with Crippen LogP contribution in [-0.4, -0.2) is 19.1 Å². The molecule has 108 valence electrons. The van der Waals surface area contributed by atoms with Crippen LogP contribution >= 0.6 is 0 Å². The zero-order valence-corrected chi connectivity index (χ0v) is 11.6. The van der Waals surface area contributed by atoms with Crippen molar-refractivity contribution < 1.29 is 13.9 Å². The third-order valence-corrected chi connectivity index (χ3v) is 4.84. The normalized spacial score (nSPS) is 31.5. The van der Waals surface area contributed by atoms with Crippen molar-refractivity contribution in [1.29, 1.82) is 0 Å². The molecule has 20 heavy (non-hydrogen) atoms. The van der Waals surface area contributed by atoms with Crippen LogP contribution in [0.1, 0.15) is 24.8 Å². The highest BCUT2D eigenvalue weighted by molar-refractivity contribution is 5.74. The Kier molecular flexibility index (Phi) is 3.74. The fourth-order valence-corrected chi connectivity index (χ4v) is 3.90. The van der Waals surface area contributed by atoms with Crippen LogP contribution in [0.5, 0.6) is 0 Å². The summed E-state index contributed by atoms with van der Waals surface area (Å²) in [5.41, 5.74) is 1.04. The van der Waals surface area contributed by atoms with Gasteiger partial charge in [-0.05, 0) is 48.8 Å². The predicted molar refractivity (Wildman–Crippen MR) is 73.4 cm³/mol. The first-order valence-corrected chi connectivity index (χ1v) is 7.24. The maximum absolute atomic E-state index is 12.9. The molecule has 3 nitrogen and oxygen atoms in total. The molecule has 2 unspecified atom stereocenters. The Morgan fingerprint density at radius 3 is 2.70 bits per heavy atom. The van der Waals surface area contributed by atoms with Crippen LogP contribution < -0.4 is 5.32 Å². The van der Waals surface area contributed by atoms with Crippen molar-refractivity contribution in [2.24, 2.45) is 17.8 Å². The molecule has 0 heterocycles. The molecular weight excluding hydrogens is 257 g/mol. The minimum atomic E-state index is -0.221. The van der Waals surface area contributed by atoms with Crippen LogP contribution in [0.25, 0.3) is 0 Å². The number of nitrogens with one attached hydrogen (secondary N) is 1. The van der Waals surface area contributed by atoms with Crippen molar-refractivity contribution in [2.75, 3.05) is 7.11 Å². The van der Waals surface area contributed by atoms with Gasteiger partial charge in [0.1, 0.15) is 5.82 Å². The SMILES string of the molecule is COC(=O)C1C(NCc2ccc(F)cc2)[C@H]2CC[C@@H]1C2. The molecule has 4 heteroatoms. The average molecular weight is 277 g/mol. The van der Waals surface area contributed by atoms with Gasteiger partial charge in [-0.2, -0.15) is 0 Å². The molecule has 0 aromatic heterocycles. The maximum Gasteiger partial charge on any atom is 0.310 e. The molecule has 2 aliphatic carbocycles. The van der Waals surface area contributed by atoms with Crippen molar-refractivity contribution in [3.05, 3.63) is 35.6 Å². The Morgan fingerprint density at radius 1 is 1.30 bits per heavy atom. The molecule has 3 rings (SSSR count). The summed E-state index contributed by atoms with van der Waals surface area (Å²) in [4.78, 5) is 12.0. The number of halogens is 1. The van der Waals surface area contributed by atoms with Gasteiger partial charge in [-0.1, -0.05) is 12.1 Å². The molecule has 2 saturated carbocycles. The molecule has 2 bridgehead atoms. The molecule has 0 aliphatic heterocycles. The molecule has 2 fully saturated rings. The molecule has 0 radical (unpaired) electrons. The van der Waals surface area contributed by atoms with Gasteiger partial charge in [0, 0.05) is 12.6 Å². The average Bonchev–Trinajstić information content (AvgIpc) is 3.06. The number of hydrogen-bond acceptors (Lipinski definition) is 3. The highest BCUT2D eigenvalue weighted by Crippen LogP contribution is 2.48. The summed E-state index contributed by atoms with van der Waals surface area (Å²) >= 11 is 0. The van der Waals surface area contributed by atoms with Gasteiger partial charge in [0.2, 0.25) is 0 Å². The summed E-state index contributed by atoms with van der Waals surface area (Å²) < 4.78 is 17.8. The molecule has 4 atom stereocenters. The summed E-state index contributed by atoms with van der Waals surface area (Å²) in [6, 6.07) is 6.70. The minimum absolute atomic E-state index is 0.0146. The second-order valence-electron chi connectivity index (χ2n) is 5.92. The first kappa shape index (κ1) is 13.6. The Balaban J connectivity index is 1.66. The molecule has 0 spiro atoms. The van der Waals surface area contributed by atoms with Gasteiger partial charge in [0.05, 0.1) is 13.0 Å². The summed E-state index contributed by atoms with van der Waals surface area (Å²) in [6.45, 7) is 0.668. The second kappa shape index (κ2) is 5.52. The van der Waals surface area contributed by atoms with Gasteiger partial charge in [-0.3, -0.25) is 4.79 Å². The molecule has 1 aromatic carbocycles. The van der Waals surface area contributed by atoms with Gasteiger partial charge < -0.3 is 10.1 Å². The van der Waals surface area contributed by atoms with Gasteiger partial charge in [-0.15, -0.1) is 0 Å². The van der Waals surface area contributed by atoms with Crippen molar-refractivity contribution in [3.63, 3.8) is 0 Å². The number of carbonyl (C=O) groups is 1. The lowest BCUT2D eigenvalue weighted by molar-refractivity contribution is -0.148. The molecule has 2 aliphatic rings. The van der Waals surface area contributed by atoms with E-state index in [0.29, 0.717) is 18.4 Å². The van der Waals surface area contributed by atoms with Crippen LogP contribution in [0, 0.1) is 23.6 Å². The topological polar surface area (TPSA) is 38.3 Å². The second-order valence-corrected chi connectivity index (χ2v) is 5.92. The lowest BCUT2D eigenvalue weighted by atomic mass is 9.84. The van der Waals surface area contributed by atoms with Gasteiger partial charge in [0.25, 0.3) is 0 Å². The van der Waals surface area contributed by atoms with E-state index in [-0.39, 0.29) is 23.7 Å². The summed E-state index contributed by atoms with van der Waals surface area (Å²) in [5.74, 6) is 0.719. The van der Waals surface area contributed by atoms with Gasteiger partial charge in [-0.25, -0.2) is 4.39 Å². The van der Waals surface area contributed by atoms with E-state index in [1.165, 1.54) is 25.7 Å². The predicted octanol–water partition coefficient (Wildman–Crippen LogP) is 2.50. The van der Waals surface area contributed by atoms with Crippen LogP contribution in [0.15, 0.2) is 24.3 Å². The monoisotopic (exact) mass is 277 g/mol. The van der Waals surface area contributed by atoms with Gasteiger partial charge >= 0.3 is 5.97 Å². The van der Waals surface area contributed by atoms with E-state index >= 15 is 0 Å². The lowest BCUT2D eigenvalue weighted by Gasteiger charge is -2.30. The molecule has 1 aromatic rings. The van der Waals surface area contributed by atoms with Crippen LogP contribution in [-0.2, 0) is 16.1 Å². The van der Waals surface area contributed by atoms with Crippen molar-refractivity contribution >= 4 is 5.97 Å². The smallest absolute Gasteiger partial charge is 0.310 e. The van der Waals surface area contributed by atoms with E-state index in [1.54, 1.807) is 12.1 Å². The van der Waals surface area contributed by atoms with Gasteiger partial charge in [0.15, 0.2) is 0 Å². The zero-order valence-electron chi connectivity index (χ0n) is 11.6. The number of carbonyl (C=O) groups excluding carboxylic acids is 1. The number of hydrogen-bond donors (Lipinski definition) is 1. The van der Waals surface area contributed by atoms with Crippen molar-refractivity contribution in [1.82, 2.24) is 5.32 Å². The summed E-state index contributed by atoms with van der Waals surface area (Å²) in [6.07, 6.45) is 3.46. The molecule has 0 amide bonds. The Hall–Kier alpha value is -1.42. The molecule has 0 saturated heterocycles. The fourth-order valence-electron chi connectivity index (χ4n) is 3.90. The van der Waals surface area contributed by atoms with Crippen LogP contribution in [0.4, 0.5) is 4.39 Å². The standard InChI is InChI=1S/C16H20FNO2/c1-20-16(19)14-11-4-5-12(8-11)15(14)18-9-10-2-6-13(17)7-3-10/h2-3,6-7,11-12,14-15,18H,4-5,8-9H2,1H3/t11-,12+,14?,15?/m1/s1. The summed E-state index contributed by atoms with van der Waals surface area (Å²) in [5, 5.41) is 3.49. The number of ether oxygens (including phenoxy) is 1. The quantitative estimate of drug-likeness (QED) is 0.859. The Labute approximate surface area is 118 Å². The number of fused-ring (bicyclic) bond motifs is 2. The zero-order chi connectivity index (χ0) is 14.1. The third kappa shape index (κ3) is 2.44. The van der Waals surface area contributed by atoms with Crippen molar-refractivity contribution in [2.45, 2.75) is 31.8 Å². The number of rotatable bonds is 4. The first-order chi connectivity index (χ1) is 9.69. The fraction of sp³-hybridized carbons (Fsp3) is 0.562. The van der Waals surface area contributed by atoms with E-state index in [9.17, 15) is 9.18 Å². The number of esters is 1. The highest BCUT2D eigenvalue weighted by atomic mass is 19.1. The summed E-state index contributed by atoms with van der Waals surface area (Å²) in [7, 11) is 1.46. The molecular formula is C16H20FNO2. The van der Waals surface area contributed by atoms with E-state index in [0.717, 1.165) is 18.4 Å². The van der Waals surface area contributed by atoms with E-state index in [1.807, 2.05) is 0 Å². The van der Waals surface area contributed by atoms with Crippen LogP contribution in [0.3, 0.4) is 0 Å². The lowest BCUT2D eigenvalue weighted by Crippen LogP contribution is -2.44. The van der Waals surface area contributed by atoms with Crippen molar-refractivity contribution in [3.8, 4) is 0 Å². The van der Waals surface area contributed by atoms with E-state index in [4.69, 9.17) is 4.74 Å². The first-order valence-electron chi connectivity index (χ1n) is 7.24. The molecule has 1 N–H and O–H groups in total. The number of methoxy groups -OCH3 is 1. The largest absolute Gasteiger partial charge is 0.469 e. The maximum atomic E-state index is 12.9. The highest BCUT2D eigenvalue weighted by Gasteiger charge is 2.51. The Bertz CT molecular complexity index is 488. The van der Waals surface area contributed by atoms with E-state index < -0.39 is 0 Å². The third-order valence-electron chi connectivity index (χ3n) is 4.84. The van der Waals surface area contributed by atoms with Crippen LogP contribution in [0.2, 0.25) is 0 Å². The van der Waals surface area contributed by atoms with E-state index in [2.05, 4.69) is 5.32 Å².